The predicted molar refractivity (Wildman–Crippen MR) is 102 cm³/mol. The minimum atomic E-state index is -3.48. The summed E-state index contributed by atoms with van der Waals surface area (Å²) >= 11 is 1.27. The third-order valence-corrected chi connectivity index (χ3v) is 8.04. The first-order valence-electron chi connectivity index (χ1n) is 8.63. The number of aromatic nitrogens is 1. The Kier molecular flexibility index (Phi) is 4.75. The molecule has 0 radical (unpaired) electrons. The van der Waals surface area contributed by atoms with Gasteiger partial charge in [-0.1, -0.05) is 17.3 Å². The van der Waals surface area contributed by atoms with Gasteiger partial charge in [-0.15, -0.1) is 11.3 Å². The van der Waals surface area contributed by atoms with Crippen molar-refractivity contribution in [3.63, 3.8) is 0 Å². The minimum Gasteiger partial charge on any atom is -0.356 e. The van der Waals surface area contributed by atoms with Crippen molar-refractivity contribution in [1.82, 2.24) is 14.4 Å². The number of benzene rings is 1. The predicted octanol–water partition coefficient (Wildman–Crippen LogP) is 2.27. The van der Waals surface area contributed by atoms with Gasteiger partial charge in [0.15, 0.2) is 5.58 Å². The van der Waals surface area contributed by atoms with Crippen LogP contribution in [-0.2, 0) is 21.2 Å². The molecule has 1 amide bonds. The van der Waals surface area contributed by atoms with E-state index in [1.807, 2.05) is 31.2 Å². The number of piperazine rings is 1. The quantitative estimate of drug-likeness (QED) is 0.665. The van der Waals surface area contributed by atoms with E-state index in [-0.39, 0.29) is 12.3 Å². The molecule has 0 aliphatic carbocycles. The van der Waals surface area contributed by atoms with Crippen LogP contribution in [0.4, 0.5) is 0 Å². The summed E-state index contributed by atoms with van der Waals surface area (Å²) in [6.07, 6.45) is 0.147. The number of carbonyl (C=O) groups excluding carboxylic acids is 1. The molecular weight excluding hydrogens is 386 g/mol. The molecule has 0 N–H and O–H groups in total. The molecule has 27 heavy (non-hydrogen) atoms. The lowest BCUT2D eigenvalue weighted by molar-refractivity contribution is -0.131. The number of para-hydroxylation sites is 1. The van der Waals surface area contributed by atoms with Crippen LogP contribution in [0, 0.1) is 6.92 Å². The maximum absolute atomic E-state index is 12.7. The Balaban J connectivity index is 1.41. The second kappa shape index (κ2) is 7.06. The molecule has 1 fully saturated rings. The fraction of sp³-hybridized carbons (Fsp3) is 0.333. The summed E-state index contributed by atoms with van der Waals surface area (Å²) in [6.45, 7) is 3.22. The number of sulfonamides is 1. The molecule has 1 saturated heterocycles. The molecule has 3 aromatic rings. The molecule has 142 valence electrons. The molecule has 7 nitrogen and oxygen atoms in total. The van der Waals surface area contributed by atoms with Crippen LogP contribution in [0.2, 0.25) is 0 Å². The Morgan fingerprint density at radius 3 is 2.59 bits per heavy atom. The number of fused-ring (bicyclic) bond motifs is 1. The van der Waals surface area contributed by atoms with E-state index in [2.05, 4.69) is 5.16 Å². The van der Waals surface area contributed by atoms with Crippen LogP contribution in [0.5, 0.6) is 0 Å². The summed E-state index contributed by atoms with van der Waals surface area (Å²) in [7, 11) is -3.48. The standard InChI is InChI=1S/C18H19N3O4S2/c1-13-6-7-18(26-13)27(23,24)21-10-8-20(9-11-21)17(22)12-15-14-4-2-3-5-16(14)25-19-15/h2-7H,8-12H2,1H3. The molecular formula is C18H19N3O4S2. The highest BCUT2D eigenvalue weighted by Crippen LogP contribution is 2.25. The zero-order valence-corrected chi connectivity index (χ0v) is 16.4. The monoisotopic (exact) mass is 405 g/mol. The third kappa shape index (κ3) is 3.50. The molecule has 0 atom stereocenters. The maximum atomic E-state index is 12.7. The molecule has 1 aliphatic heterocycles. The van der Waals surface area contributed by atoms with Crippen molar-refractivity contribution in [3.05, 3.63) is 47.0 Å². The zero-order valence-electron chi connectivity index (χ0n) is 14.8. The van der Waals surface area contributed by atoms with Crippen LogP contribution in [0.25, 0.3) is 11.0 Å². The van der Waals surface area contributed by atoms with Crippen molar-refractivity contribution in [2.24, 2.45) is 0 Å². The number of thiophene rings is 1. The Morgan fingerprint density at radius 2 is 1.89 bits per heavy atom. The van der Waals surface area contributed by atoms with Gasteiger partial charge in [0.05, 0.1) is 6.42 Å². The highest BCUT2D eigenvalue weighted by molar-refractivity contribution is 7.91. The molecule has 1 aromatic carbocycles. The van der Waals surface area contributed by atoms with E-state index >= 15 is 0 Å². The zero-order chi connectivity index (χ0) is 19.0. The number of rotatable bonds is 4. The minimum absolute atomic E-state index is 0.0712. The van der Waals surface area contributed by atoms with E-state index in [4.69, 9.17) is 4.52 Å². The van der Waals surface area contributed by atoms with Crippen molar-refractivity contribution >= 4 is 38.2 Å². The molecule has 4 rings (SSSR count). The number of nitrogens with zero attached hydrogens (tertiary/aromatic N) is 3. The van der Waals surface area contributed by atoms with Gasteiger partial charge < -0.3 is 9.42 Å². The summed E-state index contributed by atoms with van der Waals surface area (Å²) in [4.78, 5) is 15.3. The number of hydrogen-bond acceptors (Lipinski definition) is 6. The fourth-order valence-electron chi connectivity index (χ4n) is 3.18. The molecule has 0 saturated carbocycles. The van der Waals surface area contributed by atoms with E-state index in [0.29, 0.717) is 41.7 Å². The van der Waals surface area contributed by atoms with Crippen LogP contribution in [0.15, 0.2) is 45.1 Å². The van der Waals surface area contributed by atoms with E-state index in [1.54, 1.807) is 17.0 Å². The highest BCUT2D eigenvalue weighted by Gasteiger charge is 2.31. The van der Waals surface area contributed by atoms with Gasteiger partial charge >= 0.3 is 0 Å². The van der Waals surface area contributed by atoms with E-state index in [0.717, 1.165) is 10.3 Å². The summed E-state index contributed by atoms with van der Waals surface area (Å²) in [5.41, 5.74) is 1.27. The number of carbonyl (C=O) groups is 1. The summed E-state index contributed by atoms with van der Waals surface area (Å²) in [6, 6.07) is 10.9. The van der Waals surface area contributed by atoms with Gasteiger partial charge in [-0.2, -0.15) is 4.31 Å². The van der Waals surface area contributed by atoms with Gasteiger partial charge in [-0.05, 0) is 31.2 Å². The Hall–Kier alpha value is -2.23. The molecule has 0 spiro atoms. The smallest absolute Gasteiger partial charge is 0.252 e. The summed E-state index contributed by atoms with van der Waals surface area (Å²) < 4.78 is 32.4. The summed E-state index contributed by atoms with van der Waals surface area (Å²) in [5.74, 6) is -0.0712. The number of aryl methyl sites for hydroxylation is 1. The third-order valence-electron chi connectivity index (χ3n) is 4.67. The first-order chi connectivity index (χ1) is 12.9. The van der Waals surface area contributed by atoms with Crippen molar-refractivity contribution < 1.29 is 17.7 Å². The number of amides is 1. The van der Waals surface area contributed by atoms with Crippen molar-refractivity contribution in [1.29, 1.82) is 0 Å². The average Bonchev–Trinajstić information content (AvgIpc) is 3.29. The van der Waals surface area contributed by atoms with Crippen LogP contribution < -0.4 is 0 Å². The van der Waals surface area contributed by atoms with Gasteiger partial charge in [-0.25, -0.2) is 8.42 Å². The molecule has 3 heterocycles. The van der Waals surface area contributed by atoms with Crippen LogP contribution in [0.1, 0.15) is 10.6 Å². The highest BCUT2D eigenvalue weighted by atomic mass is 32.2. The second-order valence-corrected chi connectivity index (χ2v) is 9.90. The largest absolute Gasteiger partial charge is 0.356 e. The Morgan fingerprint density at radius 1 is 1.15 bits per heavy atom. The second-order valence-electron chi connectivity index (χ2n) is 6.45. The molecule has 0 bridgehead atoms. The Bertz CT molecular complexity index is 1080. The van der Waals surface area contributed by atoms with Gasteiger partial charge in [0.25, 0.3) is 10.0 Å². The normalized spacial score (nSPS) is 16.1. The number of hydrogen-bond donors (Lipinski definition) is 0. The van der Waals surface area contributed by atoms with Crippen LogP contribution in [0.3, 0.4) is 0 Å². The van der Waals surface area contributed by atoms with E-state index < -0.39 is 10.0 Å². The summed E-state index contributed by atoms with van der Waals surface area (Å²) in [5, 5.41) is 4.83. The van der Waals surface area contributed by atoms with E-state index in [1.165, 1.54) is 15.6 Å². The van der Waals surface area contributed by atoms with Gasteiger partial charge in [0, 0.05) is 36.4 Å². The fourth-order valence-corrected chi connectivity index (χ4v) is 6.04. The maximum Gasteiger partial charge on any atom is 0.252 e. The lowest BCUT2D eigenvalue weighted by Gasteiger charge is -2.33. The molecule has 1 aliphatic rings. The van der Waals surface area contributed by atoms with Crippen LogP contribution >= 0.6 is 11.3 Å². The first-order valence-corrected chi connectivity index (χ1v) is 10.9. The molecule has 0 unspecified atom stereocenters. The van der Waals surface area contributed by atoms with Crippen LogP contribution in [-0.4, -0.2) is 54.9 Å². The first kappa shape index (κ1) is 18.1. The van der Waals surface area contributed by atoms with E-state index in [9.17, 15) is 13.2 Å². The van der Waals surface area contributed by atoms with Crippen molar-refractivity contribution in [2.45, 2.75) is 17.6 Å². The lowest BCUT2D eigenvalue weighted by Crippen LogP contribution is -2.50. The SMILES string of the molecule is Cc1ccc(S(=O)(=O)N2CCN(C(=O)Cc3noc4ccccc34)CC2)s1. The molecule has 9 heteroatoms. The van der Waals surface area contributed by atoms with Gasteiger partial charge in [-0.3, -0.25) is 4.79 Å². The topological polar surface area (TPSA) is 83.7 Å². The molecule has 2 aromatic heterocycles. The van der Waals surface area contributed by atoms with Gasteiger partial charge in [0.2, 0.25) is 5.91 Å². The van der Waals surface area contributed by atoms with Gasteiger partial charge in [0.1, 0.15) is 9.90 Å². The Labute approximate surface area is 161 Å². The van der Waals surface area contributed by atoms with Crippen molar-refractivity contribution in [3.8, 4) is 0 Å². The lowest BCUT2D eigenvalue weighted by atomic mass is 10.1. The average molecular weight is 406 g/mol. The van der Waals surface area contributed by atoms with Crippen molar-refractivity contribution in [2.75, 3.05) is 26.2 Å².